The Hall–Kier alpha value is -0.890. The molecule has 0 bridgehead atoms. The van der Waals surface area contributed by atoms with Crippen LogP contribution in [0, 0.1) is 11.8 Å². The molecule has 0 aliphatic heterocycles. The van der Waals surface area contributed by atoms with Crippen LogP contribution in [0.3, 0.4) is 0 Å². The first kappa shape index (κ1) is 14.5. The van der Waals surface area contributed by atoms with E-state index in [4.69, 9.17) is 11.6 Å². The number of anilines is 2. The molecule has 2 nitrogen and oxygen atoms in total. The maximum absolute atomic E-state index is 6.32. The summed E-state index contributed by atoms with van der Waals surface area (Å²) in [5.74, 6) is 1.60. The fraction of sp³-hybridized carbons (Fsp3) is 0.625. The van der Waals surface area contributed by atoms with Crippen LogP contribution in [0.15, 0.2) is 18.2 Å². The van der Waals surface area contributed by atoms with Crippen molar-refractivity contribution in [3.8, 4) is 0 Å². The smallest absolute Gasteiger partial charge is 0.0659 e. The highest BCUT2D eigenvalue weighted by atomic mass is 35.5. The average molecular weight is 281 g/mol. The molecule has 3 atom stereocenters. The Bertz CT molecular complexity index is 431. The van der Waals surface area contributed by atoms with Crippen LogP contribution in [0.4, 0.5) is 11.4 Å². The number of halogens is 1. The summed E-state index contributed by atoms with van der Waals surface area (Å²) in [5.41, 5.74) is 2.21. The molecule has 1 N–H and O–H groups in total. The second-order valence-corrected chi connectivity index (χ2v) is 6.61. The van der Waals surface area contributed by atoms with Crippen LogP contribution in [0.1, 0.15) is 33.1 Å². The molecule has 0 amide bonds. The summed E-state index contributed by atoms with van der Waals surface area (Å²) in [5, 5.41) is 4.47. The van der Waals surface area contributed by atoms with Crippen LogP contribution in [0.2, 0.25) is 5.02 Å². The summed E-state index contributed by atoms with van der Waals surface area (Å²) in [6, 6.07) is 6.84. The van der Waals surface area contributed by atoms with E-state index in [9.17, 15) is 0 Å². The average Bonchev–Trinajstić information content (AvgIpc) is 2.32. The predicted molar refractivity (Wildman–Crippen MR) is 85.4 cm³/mol. The summed E-state index contributed by atoms with van der Waals surface area (Å²) in [6.45, 7) is 4.71. The minimum atomic E-state index is 0.581. The zero-order valence-electron chi connectivity index (χ0n) is 12.4. The first-order chi connectivity index (χ1) is 8.97. The van der Waals surface area contributed by atoms with Gasteiger partial charge in [0.25, 0.3) is 0 Å². The van der Waals surface area contributed by atoms with E-state index >= 15 is 0 Å². The zero-order valence-corrected chi connectivity index (χ0v) is 13.2. The van der Waals surface area contributed by atoms with Crippen LogP contribution in [-0.4, -0.2) is 20.1 Å². The van der Waals surface area contributed by atoms with E-state index in [0.29, 0.717) is 6.04 Å². The Labute approximate surface area is 122 Å². The molecule has 1 fully saturated rings. The molecule has 1 aromatic rings. The Morgan fingerprint density at radius 2 is 1.95 bits per heavy atom. The van der Waals surface area contributed by atoms with E-state index < -0.39 is 0 Å². The van der Waals surface area contributed by atoms with Crippen molar-refractivity contribution in [2.24, 2.45) is 11.8 Å². The molecule has 1 aromatic carbocycles. The van der Waals surface area contributed by atoms with Gasteiger partial charge in [-0.2, -0.15) is 0 Å². The lowest BCUT2D eigenvalue weighted by Gasteiger charge is -2.34. The fourth-order valence-corrected chi connectivity index (χ4v) is 3.40. The second-order valence-electron chi connectivity index (χ2n) is 6.21. The monoisotopic (exact) mass is 280 g/mol. The molecule has 0 radical (unpaired) electrons. The van der Waals surface area contributed by atoms with Gasteiger partial charge in [0.05, 0.1) is 10.7 Å². The van der Waals surface area contributed by atoms with Gasteiger partial charge in [-0.3, -0.25) is 0 Å². The number of rotatable bonds is 3. The maximum atomic E-state index is 6.32. The highest BCUT2D eigenvalue weighted by Gasteiger charge is 2.25. The van der Waals surface area contributed by atoms with Gasteiger partial charge in [-0.15, -0.1) is 0 Å². The summed E-state index contributed by atoms with van der Waals surface area (Å²) < 4.78 is 0. The minimum Gasteiger partial charge on any atom is -0.382 e. The zero-order chi connectivity index (χ0) is 14.0. The lowest BCUT2D eigenvalue weighted by atomic mass is 9.80. The fourth-order valence-electron chi connectivity index (χ4n) is 3.05. The predicted octanol–water partition coefficient (Wildman–Crippen LogP) is 4.64. The van der Waals surface area contributed by atoms with Crippen molar-refractivity contribution >= 4 is 23.0 Å². The first-order valence-corrected chi connectivity index (χ1v) is 7.58. The van der Waals surface area contributed by atoms with Gasteiger partial charge in [0.1, 0.15) is 0 Å². The Morgan fingerprint density at radius 3 is 2.53 bits per heavy atom. The number of benzene rings is 1. The molecule has 1 aliphatic carbocycles. The second kappa shape index (κ2) is 6.04. The van der Waals surface area contributed by atoms with Gasteiger partial charge >= 0.3 is 0 Å². The molecule has 3 unspecified atom stereocenters. The molecule has 0 aromatic heterocycles. The van der Waals surface area contributed by atoms with Crippen LogP contribution >= 0.6 is 11.6 Å². The molecule has 3 heteroatoms. The van der Waals surface area contributed by atoms with E-state index in [1.54, 1.807) is 0 Å². The molecule has 19 heavy (non-hydrogen) atoms. The molecule has 0 heterocycles. The standard InChI is InChI=1S/C16H25ClN2/c1-11-5-7-15(12(2)9-11)18-13-6-8-16(19(3)4)14(17)10-13/h6,8,10-12,15,18H,5,7,9H2,1-4H3. The lowest BCUT2D eigenvalue weighted by Crippen LogP contribution is -2.33. The first-order valence-electron chi connectivity index (χ1n) is 7.20. The molecule has 0 spiro atoms. The minimum absolute atomic E-state index is 0.581. The third-order valence-corrected chi connectivity index (χ3v) is 4.52. The normalized spacial score (nSPS) is 27.1. The van der Waals surface area contributed by atoms with Crippen molar-refractivity contribution in [2.45, 2.75) is 39.2 Å². The van der Waals surface area contributed by atoms with Gasteiger partial charge < -0.3 is 10.2 Å². The van der Waals surface area contributed by atoms with Gasteiger partial charge in [0.2, 0.25) is 0 Å². The molecule has 0 saturated heterocycles. The summed E-state index contributed by atoms with van der Waals surface area (Å²) in [7, 11) is 4.03. The highest BCUT2D eigenvalue weighted by Crippen LogP contribution is 2.33. The molecular formula is C16H25ClN2. The summed E-state index contributed by atoms with van der Waals surface area (Å²) in [6.07, 6.45) is 3.90. The third-order valence-electron chi connectivity index (χ3n) is 4.21. The van der Waals surface area contributed by atoms with E-state index in [0.717, 1.165) is 28.2 Å². The van der Waals surface area contributed by atoms with Crippen LogP contribution in [0.5, 0.6) is 0 Å². The third kappa shape index (κ3) is 3.56. The quantitative estimate of drug-likeness (QED) is 0.867. The van der Waals surface area contributed by atoms with Gasteiger partial charge in [0, 0.05) is 25.8 Å². The van der Waals surface area contributed by atoms with Gasteiger partial charge in [0.15, 0.2) is 0 Å². The molecule has 1 aliphatic rings. The van der Waals surface area contributed by atoms with Crippen molar-refractivity contribution in [2.75, 3.05) is 24.3 Å². The van der Waals surface area contributed by atoms with E-state index in [1.165, 1.54) is 19.3 Å². The van der Waals surface area contributed by atoms with Crippen molar-refractivity contribution in [1.82, 2.24) is 0 Å². The SMILES string of the molecule is CC1CCC(Nc2ccc(N(C)C)c(Cl)c2)C(C)C1. The number of nitrogens with one attached hydrogen (secondary N) is 1. The number of hydrogen-bond donors (Lipinski definition) is 1. The Balaban J connectivity index is 2.05. The van der Waals surface area contributed by atoms with Gasteiger partial charge in [-0.25, -0.2) is 0 Å². The molecule has 1 saturated carbocycles. The largest absolute Gasteiger partial charge is 0.382 e. The van der Waals surface area contributed by atoms with Crippen LogP contribution in [0.25, 0.3) is 0 Å². The lowest BCUT2D eigenvalue weighted by molar-refractivity contribution is 0.276. The number of hydrogen-bond acceptors (Lipinski definition) is 2. The molecule has 106 valence electrons. The Kier molecular flexibility index (Phi) is 4.62. The molecular weight excluding hydrogens is 256 g/mol. The van der Waals surface area contributed by atoms with Crippen molar-refractivity contribution in [3.05, 3.63) is 23.2 Å². The van der Waals surface area contributed by atoms with Crippen molar-refractivity contribution in [1.29, 1.82) is 0 Å². The van der Waals surface area contributed by atoms with Crippen LogP contribution < -0.4 is 10.2 Å². The van der Waals surface area contributed by atoms with E-state index in [2.05, 4.69) is 31.3 Å². The highest BCUT2D eigenvalue weighted by molar-refractivity contribution is 6.33. The van der Waals surface area contributed by atoms with Crippen LogP contribution in [-0.2, 0) is 0 Å². The maximum Gasteiger partial charge on any atom is 0.0659 e. The Morgan fingerprint density at radius 1 is 1.21 bits per heavy atom. The van der Waals surface area contributed by atoms with E-state index in [1.807, 2.05) is 25.1 Å². The topological polar surface area (TPSA) is 15.3 Å². The molecule has 2 rings (SSSR count). The van der Waals surface area contributed by atoms with Gasteiger partial charge in [-0.05, 0) is 49.3 Å². The number of nitrogens with zero attached hydrogens (tertiary/aromatic N) is 1. The van der Waals surface area contributed by atoms with E-state index in [-0.39, 0.29) is 0 Å². The summed E-state index contributed by atoms with van der Waals surface area (Å²) >= 11 is 6.32. The van der Waals surface area contributed by atoms with Gasteiger partial charge in [-0.1, -0.05) is 25.4 Å². The van der Waals surface area contributed by atoms with Crippen molar-refractivity contribution < 1.29 is 0 Å². The van der Waals surface area contributed by atoms with Crippen molar-refractivity contribution in [3.63, 3.8) is 0 Å². The summed E-state index contributed by atoms with van der Waals surface area (Å²) in [4.78, 5) is 2.04.